The van der Waals surface area contributed by atoms with E-state index in [1.54, 1.807) is 19.1 Å². The van der Waals surface area contributed by atoms with Crippen LogP contribution in [-0.4, -0.2) is 49.4 Å². The number of ether oxygens (including phenoxy) is 1. The van der Waals surface area contributed by atoms with E-state index >= 15 is 0 Å². The molecule has 9 heteroatoms. The molecule has 0 bridgehead atoms. The summed E-state index contributed by atoms with van der Waals surface area (Å²) >= 11 is 0. The number of nitrogens with zero attached hydrogens (tertiary/aromatic N) is 1. The van der Waals surface area contributed by atoms with E-state index < -0.39 is 16.0 Å². The molecule has 0 aliphatic carbocycles. The maximum Gasteiger partial charge on any atom is 0.303 e. The molecule has 1 amide bonds. The number of unbranched alkanes of at least 4 members (excludes halogenated alkanes) is 1. The van der Waals surface area contributed by atoms with Crippen molar-refractivity contribution in [2.75, 3.05) is 25.0 Å². The predicted molar refractivity (Wildman–Crippen MR) is 100 cm³/mol. The third-order valence-electron chi connectivity index (χ3n) is 4.25. The van der Waals surface area contributed by atoms with Gasteiger partial charge in [-0.15, -0.1) is 0 Å². The zero-order chi connectivity index (χ0) is 19.9. The van der Waals surface area contributed by atoms with Crippen molar-refractivity contribution in [2.24, 2.45) is 0 Å². The van der Waals surface area contributed by atoms with E-state index in [1.165, 1.54) is 10.4 Å². The lowest BCUT2D eigenvalue weighted by atomic mass is 10.2. The fourth-order valence-corrected chi connectivity index (χ4v) is 4.59. The number of carboxylic acid groups (broad SMARTS) is 1. The molecule has 150 valence electrons. The molecule has 1 fully saturated rings. The second-order valence-electron chi connectivity index (χ2n) is 6.35. The average molecular weight is 398 g/mol. The fourth-order valence-electron chi connectivity index (χ4n) is 2.91. The Morgan fingerprint density at radius 1 is 1.19 bits per heavy atom. The van der Waals surface area contributed by atoms with Gasteiger partial charge in [0.05, 0.1) is 6.61 Å². The summed E-state index contributed by atoms with van der Waals surface area (Å²) in [5, 5.41) is 11.3. The summed E-state index contributed by atoms with van der Waals surface area (Å²) in [6, 6.07) is 4.57. The minimum Gasteiger partial charge on any atom is -0.492 e. The van der Waals surface area contributed by atoms with Crippen molar-refractivity contribution in [1.29, 1.82) is 0 Å². The number of amides is 1. The largest absolute Gasteiger partial charge is 0.492 e. The Labute approximate surface area is 159 Å². The molecule has 1 aromatic rings. The van der Waals surface area contributed by atoms with Gasteiger partial charge in [0.15, 0.2) is 0 Å². The molecule has 0 aromatic heterocycles. The molecule has 2 N–H and O–H groups in total. The van der Waals surface area contributed by atoms with Crippen LogP contribution in [0.15, 0.2) is 23.1 Å². The Bertz CT molecular complexity index is 772. The van der Waals surface area contributed by atoms with Crippen LogP contribution in [0.2, 0.25) is 0 Å². The number of hydrogen-bond donors (Lipinski definition) is 2. The lowest BCUT2D eigenvalue weighted by Crippen LogP contribution is -2.28. The summed E-state index contributed by atoms with van der Waals surface area (Å²) in [5.74, 6) is -0.906. The minimum atomic E-state index is -3.69. The van der Waals surface area contributed by atoms with Gasteiger partial charge in [0, 0.05) is 31.6 Å². The molecule has 0 radical (unpaired) electrons. The molecule has 1 heterocycles. The Kier molecular flexibility index (Phi) is 7.61. The monoisotopic (exact) mass is 398 g/mol. The molecular weight excluding hydrogens is 372 g/mol. The standard InChI is InChI=1S/C18H26N2O6S/c1-2-26-15-10-9-14(19-17(21)7-3-4-8-18(22)23)13-16(15)27(24,25)20-11-5-6-12-20/h9-10,13H,2-8,11-12H2,1H3,(H,19,21)(H,22,23). The van der Waals surface area contributed by atoms with Crippen molar-refractivity contribution < 1.29 is 27.9 Å². The number of nitrogens with one attached hydrogen (secondary N) is 1. The van der Waals surface area contributed by atoms with Crippen LogP contribution in [0.25, 0.3) is 0 Å². The fraction of sp³-hybridized carbons (Fsp3) is 0.556. The number of carboxylic acids is 1. The highest BCUT2D eigenvalue weighted by Gasteiger charge is 2.30. The molecule has 1 saturated heterocycles. The predicted octanol–water partition coefficient (Wildman–Crippen LogP) is 2.45. The Morgan fingerprint density at radius 3 is 2.48 bits per heavy atom. The highest BCUT2D eigenvalue weighted by atomic mass is 32.2. The summed E-state index contributed by atoms with van der Waals surface area (Å²) in [4.78, 5) is 22.6. The summed E-state index contributed by atoms with van der Waals surface area (Å²) < 4.78 is 32.7. The minimum absolute atomic E-state index is 0.0224. The van der Waals surface area contributed by atoms with Crippen molar-refractivity contribution in [3.63, 3.8) is 0 Å². The van der Waals surface area contributed by atoms with Crippen LogP contribution in [0.5, 0.6) is 5.75 Å². The van der Waals surface area contributed by atoms with Gasteiger partial charge in [-0.25, -0.2) is 8.42 Å². The Hall–Kier alpha value is -2.13. The van der Waals surface area contributed by atoms with Gasteiger partial charge >= 0.3 is 5.97 Å². The normalized spacial score (nSPS) is 14.9. The van der Waals surface area contributed by atoms with E-state index in [0.29, 0.717) is 38.2 Å². The second kappa shape index (κ2) is 9.70. The molecular formula is C18H26N2O6S. The number of aliphatic carboxylic acids is 1. The first-order valence-electron chi connectivity index (χ1n) is 9.13. The average Bonchev–Trinajstić information content (AvgIpc) is 3.15. The van der Waals surface area contributed by atoms with Gasteiger partial charge in [0.1, 0.15) is 10.6 Å². The van der Waals surface area contributed by atoms with E-state index in [0.717, 1.165) is 12.8 Å². The quantitative estimate of drug-likeness (QED) is 0.585. The van der Waals surface area contributed by atoms with Gasteiger partial charge in [-0.05, 0) is 50.8 Å². The summed E-state index contributed by atoms with van der Waals surface area (Å²) in [6.45, 7) is 3.07. The maximum atomic E-state index is 12.9. The number of rotatable bonds is 10. The van der Waals surface area contributed by atoms with Crippen LogP contribution in [0, 0.1) is 0 Å². The lowest BCUT2D eigenvalue weighted by molar-refractivity contribution is -0.137. The van der Waals surface area contributed by atoms with Crippen molar-refractivity contribution in [2.45, 2.75) is 50.3 Å². The highest BCUT2D eigenvalue weighted by Crippen LogP contribution is 2.31. The van der Waals surface area contributed by atoms with Crippen molar-refractivity contribution in [3.05, 3.63) is 18.2 Å². The van der Waals surface area contributed by atoms with Crippen molar-refractivity contribution >= 4 is 27.6 Å². The molecule has 8 nitrogen and oxygen atoms in total. The first-order valence-corrected chi connectivity index (χ1v) is 10.6. The molecule has 1 aliphatic rings. The van der Waals surface area contributed by atoms with E-state index in [2.05, 4.69) is 5.32 Å². The molecule has 1 aromatic carbocycles. The smallest absolute Gasteiger partial charge is 0.303 e. The number of anilines is 1. The summed E-state index contributed by atoms with van der Waals surface area (Å²) in [5.41, 5.74) is 0.374. The number of carbonyl (C=O) groups excluding carboxylic acids is 1. The van der Waals surface area contributed by atoms with Gasteiger partial charge in [0.25, 0.3) is 0 Å². The van der Waals surface area contributed by atoms with Gasteiger partial charge in [0.2, 0.25) is 15.9 Å². The van der Waals surface area contributed by atoms with Crippen LogP contribution >= 0.6 is 0 Å². The summed E-state index contributed by atoms with van der Waals surface area (Å²) in [6.07, 6.45) is 2.73. The maximum absolute atomic E-state index is 12.9. The third-order valence-corrected chi connectivity index (χ3v) is 6.17. The zero-order valence-corrected chi connectivity index (χ0v) is 16.3. The Balaban J connectivity index is 2.12. The van der Waals surface area contributed by atoms with E-state index in [1.807, 2.05) is 0 Å². The van der Waals surface area contributed by atoms with Crippen molar-refractivity contribution in [3.8, 4) is 5.75 Å². The lowest BCUT2D eigenvalue weighted by Gasteiger charge is -2.19. The van der Waals surface area contributed by atoms with E-state index in [4.69, 9.17) is 9.84 Å². The Morgan fingerprint density at radius 2 is 1.85 bits per heavy atom. The second-order valence-corrected chi connectivity index (χ2v) is 8.26. The van der Waals surface area contributed by atoms with E-state index in [-0.39, 0.29) is 29.4 Å². The first kappa shape index (κ1) is 21.2. The van der Waals surface area contributed by atoms with Crippen LogP contribution in [0.4, 0.5) is 5.69 Å². The highest BCUT2D eigenvalue weighted by molar-refractivity contribution is 7.89. The van der Waals surface area contributed by atoms with Crippen LogP contribution in [0.1, 0.15) is 45.4 Å². The molecule has 1 aliphatic heterocycles. The zero-order valence-electron chi connectivity index (χ0n) is 15.4. The number of carbonyl (C=O) groups is 2. The number of hydrogen-bond acceptors (Lipinski definition) is 5. The molecule has 0 unspecified atom stereocenters. The van der Waals surface area contributed by atoms with Gasteiger partial charge < -0.3 is 15.2 Å². The third kappa shape index (κ3) is 5.93. The molecule has 0 spiro atoms. The van der Waals surface area contributed by atoms with Crippen LogP contribution in [0.3, 0.4) is 0 Å². The van der Waals surface area contributed by atoms with Crippen LogP contribution < -0.4 is 10.1 Å². The van der Waals surface area contributed by atoms with Crippen LogP contribution in [-0.2, 0) is 19.6 Å². The number of sulfonamides is 1. The summed E-state index contributed by atoms with van der Waals surface area (Å²) in [7, 11) is -3.69. The first-order chi connectivity index (χ1) is 12.8. The molecule has 2 rings (SSSR count). The number of benzene rings is 1. The van der Waals surface area contributed by atoms with Gasteiger partial charge in [-0.3, -0.25) is 9.59 Å². The van der Waals surface area contributed by atoms with Crippen molar-refractivity contribution in [1.82, 2.24) is 4.31 Å². The SMILES string of the molecule is CCOc1ccc(NC(=O)CCCCC(=O)O)cc1S(=O)(=O)N1CCCC1. The molecule has 0 saturated carbocycles. The molecule has 27 heavy (non-hydrogen) atoms. The van der Waals surface area contributed by atoms with E-state index in [9.17, 15) is 18.0 Å². The topological polar surface area (TPSA) is 113 Å². The van der Waals surface area contributed by atoms with Gasteiger partial charge in [-0.2, -0.15) is 4.31 Å². The molecule has 0 atom stereocenters. The van der Waals surface area contributed by atoms with Gasteiger partial charge in [-0.1, -0.05) is 0 Å².